The highest BCUT2D eigenvalue weighted by atomic mass is 19.1. The van der Waals surface area contributed by atoms with Gasteiger partial charge in [-0.25, -0.2) is 13.6 Å². The maximum atomic E-state index is 13.5. The molecule has 17 heavy (non-hydrogen) atoms. The number of ether oxygens (including phenoxy) is 2. The van der Waals surface area contributed by atoms with Crippen LogP contribution >= 0.6 is 0 Å². The van der Waals surface area contributed by atoms with E-state index in [1.165, 1.54) is 0 Å². The lowest BCUT2D eigenvalue weighted by Crippen LogP contribution is -2.09. The van der Waals surface area contributed by atoms with Gasteiger partial charge in [0.1, 0.15) is 22.9 Å². The summed E-state index contributed by atoms with van der Waals surface area (Å²) in [6.07, 6.45) is 2.18. The number of rotatable bonds is 4. The van der Waals surface area contributed by atoms with Gasteiger partial charge in [-0.05, 0) is 18.8 Å². The van der Waals surface area contributed by atoms with Gasteiger partial charge in [0.05, 0.1) is 13.7 Å². The predicted octanol–water partition coefficient (Wildman–Crippen LogP) is 2.54. The second kappa shape index (κ2) is 4.69. The molecule has 0 N–H and O–H groups in total. The molecule has 0 amide bonds. The first kappa shape index (κ1) is 11.8. The number of carbonyl (C=O) groups is 1. The fourth-order valence-electron chi connectivity index (χ4n) is 1.43. The number of benzene rings is 1. The lowest BCUT2D eigenvalue weighted by molar-refractivity contribution is 0.0589. The second-order valence-electron chi connectivity index (χ2n) is 4.01. The summed E-state index contributed by atoms with van der Waals surface area (Å²) in [5.41, 5.74) is -0.689. The summed E-state index contributed by atoms with van der Waals surface area (Å²) in [6, 6.07) is 2.00. The topological polar surface area (TPSA) is 35.5 Å². The Hall–Kier alpha value is -1.65. The van der Waals surface area contributed by atoms with Crippen LogP contribution in [0.5, 0.6) is 5.75 Å². The second-order valence-corrected chi connectivity index (χ2v) is 4.01. The van der Waals surface area contributed by atoms with Crippen LogP contribution in [0.3, 0.4) is 0 Å². The molecule has 0 heterocycles. The van der Waals surface area contributed by atoms with Crippen LogP contribution in [0.15, 0.2) is 12.1 Å². The Kier molecular flexibility index (Phi) is 3.26. The van der Waals surface area contributed by atoms with Gasteiger partial charge in [0, 0.05) is 12.1 Å². The van der Waals surface area contributed by atoms with E-state index in [0.717, 1.165) is 32.1 Å². The van der Waals surface area contributed by atoms with Gasteiger partial charge in [-0.15, -0.1) is 0 Å². The van der Waals surface area contributed by atoms with E-state index in [4.69, 9.17) is 4.74 Å². The lowest BCUT2D eigenvalue weighted by atomic mass is 10.2. The number of esters is 1. The molecule has 1 fully saturated rings. The van der Waals surface area contributed by atoms with Crippen molar-refractivity contribution in [3.05, 3.63) is 29.3 Å². The van der Waals surface area contributed by atoms with Gasteiger partial charge in [-0.2, -0.15) is 0 Å². The highest BCUT2D eigenvalue weighted by Gasteiger charge is 2.23. The van der Waals surface area contributed by atoms with E-state index in [0.29, 0.717) is 12.5 Å². The first-order valence-electron chi connectivity index (χ1n) is 5.32. The molecule has 0 spiro atoms. The molecule has 0 radical (unpaired) electrons. The van der Waals surface area contributed by atoms with Crippen molar-refractivity contribution >= 4 is 5.97 Å². The standard InChI is InChI=1S/C12H12F2O3/c1-16-12(15)11-9(13)4-8(5-10(11)14)17-6-7-2-3-7/h4-5,7H,2-3,6H2,1H3. The van der Waals surface area contributed by atoms with E-state index < -0.39 is 23.2 Å². The highest BCUT2D eigenvalue weighted by Crippen LogP contribution is 2.30. The molecular weight excluding hydrogens is 230 g/mol. The SMILES string of the molecule is COC(=O)c1c(F)cc(OCC2CC2)cc1F. The highest BCUT2D eigenvalue weighted by molar-refractivity contribution is 5.90. The summed E-state index contributed by atoms with van der Waals surface area (Å²) in [6.45, 7) is 0.455. The number of hydrogen-bond acceptors (Lipinski definition) is 3. The molecule has 0 aromatic heterocycles. The van der Waals surface area contributed by atoms with E-state index >= 15 is 0 Å². The van der Waals surface area contributed by atoms with Crippen molar-refractivity contribution < 1.29 is 23.0 Å². The Bertz CT molecular complexity index is 418. The van der Waals surface area contributed by atoms with E-state index in [2.05, 4.69) is 4.74 Å². The molecule has 1 saturated carbocycles. The average molecular weight is 242 g/mol. The molecule has 2 rings (SSSR count). The normalized spacial score (nSPS) is 14.5. The van der Waals surface area contributed by atoms with Crippen molar-refractivity contribution in [3.8, 4) is 5.75 Å². The molecule has 1 aromatic carbocycles. The molecule has 1 aliphatic carbocycles. The van der Waals surface area contributed by atoms with Gasteiger partial charge in [-0.1, -0.05) is 0 Å². The Morgan fingerprint density at radius 2 is 1.94 bits per heavy atom. The Morgan fingerprint density at radius 3 is 2.41 bits per heavy atom. The van der Waals surface area contributed by atoms with Crippen molar-refractivity contribution in [1.82, 2.24) is 0 Å². The molecule has 0 bridgehead atoms. The monoisotopic (exact) mass is 242 g/mol. The zero-order valence-electron chi connectivity index (χ0n) is 9.33. The first-order valence-corrected chi connectivity index (χ1v) is 5.32. The largest absolute Gasteiger partial charge is 0.493 e. The van der Waals surface area contributed by atoms with Crippen LogP contribution in [0.2, 0.25) is 0 Å². The summed E-state index contributed by atoms with van der Waals surface area (Å²) < 4.78 is 36.4. The zero-order chi connectivity index (χ0) is 12.4. The predicted molar refractivity (Wildman–Crippen MR) is 55.9 cm³/mol. The molecule has 0 aliphatic heterocycles. The van der Waals surface area contributed by atoms with E-state index in [1.807, 2.05) is 0 Å². The van der Waals surface area contributed by atoms with Crippen LogP contribution in [-0.4, -0.2) is 19.7 Å². The first-order chi connectivity index (χ1) is 8.11. The van der Waals surface area contributed by atoms with Gasteiger partial charge in [0.15, 0.2) is 0 Å². The maximum absolute atomic E-state index is 13.5. The number of methoxy groups -OCH3 is 1. The van der Waals surface area contributed by atoms with Crippen LogP contribution in [0.4, 0.5) is 8.78 Å². The van der Waals surface area contributed by atoms with Gasteiger partial charge in [-0.3, -0.25) is 0 Å². The van der Waals surface area contributed by atoms with Crippen molar-refractivity contribution in [3.63, 3.8) is 0 Å². The van der Waals surface area contributed by atoms with Gasteiger partial charge < -0.3 is 9.47 Å². The zero-order valence-corrected chi connectivity index (χ0v) is 9.33. The number of hydrogen-bond donors (Lipinski definition) is 0. The van der Waals surface area contributed by atoms with E-state index in [-0.39, 0.29) is 5.75 Å². The summed E-state index contributed by atoms with van der Waals surface area (Å²) in [5, 5.41) is 0. The molecule has 0 saturated heterocycles. The quantitative estimate of drug-likeness (QED) is 0.761. The van der Waals surface area contributed by atoms with Crippen molar-refractivity contribution in [2.75, 3.05) is 13.7 Å². The molecule has 3 nitrogen and oxygen atoms in total. The van der Waals surface area contributed by atoms with Crippen LogP contribution in [0.1, 0.15) is 23.2 Å². The van der Waals surface area contributed by atoms with Crippen molar-refractivity contribution in [2.24, 2.45) is 5.92 Å². The van der Waals surface area contributed by atoms with Gasteiger partial charge >= 0.3 is 5.97 Å². The summed E-state index contributed by atoms with van der Waals surface area (Å²) >= 11 is 0. The van der Waals surface area contributed by atoms with Crippen LogP contribution in [-0.2, 0) is 4.74 Å². The van der Waals surface area contributed by atoms with Crippen LogP contribution < -0.4 is 4.74 Å². The van der Waals surface area contributed by atoms with Gasteiger partial charge in [0.25, 0.3) is 0 Å². The summed E-state index contributed by atoms with van der Waals surface area (Å²) in [7, 11) is 1.07. The van der Waals surface area contributed by atoms with Gasteiger partial charge in [0.2, 0.25) is 0 Å². The van der Waals surface area contributed by atoms with E-state index in [1.54, 1.807) is 0 Å². The fourth-order valence-corrected chi connectivity index (χ4v) is 1.43. The molecule has 92 valence electrons. The van der Waals surface area contributed by atoms with Crippen molar-refractivity contribution in [2.45, 2.75) is 12.8 Å². The molecule has 1 aliphatic rings. The minimum Gasteiger partial charge on any atom is -0.493 e. The molecule has 0 unspecified atom stereocenters. The smallest absolute Gasteiger partial charge is 0.343 e. The maximum Gasteiger partial charge on any atom is 0.343 e. The minimum absolute atomic E-state index is 0.0968. The number of halogens is 2. The third kappa shape index (κ3) is 2.72. The van der Waals surface area contributed by atoms with Crippen LogP contribution in [0.25, 0.3) is 0 Å². The fraction of sp³-hybridized carbons (Fsp3) is 0.417. The Morgan fingerprint density at radius 1 is 1.35 bits per heavy atom. The molecular formula is C12H12F2O3. The third-order valence-corrected chi connectivity index (χ3v) is 2.59. The Labute approximate surface area is 97.3 Å². The van der Waals surface area contributed by atoms with Crippen LogP contribution in [0, 0.1) is 17.6 Å². The average Bonchev–Trinajstić information content (AvgIpc) is 3.09. The molecule has 0 atom stereocenters. The molecule has 1 aromatic rings. The third-order valence-electron chi connectivity index (χ3n) is 2.59. The summed E-state index contributed by atoms with van der Waals surface area (Å²) in [5.74, 6) is -2.39. The minimum atomic E-state index is -1.03. The molecule has 5 heteroatoms. The number of carbonyl (C=O) groups excluding carboxylic acids is 1. The Balaban J connectivity index is 2.17. The van der Waals surface area contributed by atoms with Crippen molar-refractivity contribution in [1.29, 1.82) is 0 Å². The summed E-state index contributed by atoms with van der Waals surface area (Å²) in [4.78, 5) is 11.1. The lowest BCUT2D eigenvalue weighted by Gasteiger charge is -2.08. The van der Waals surface area contributed by atoms with E-state index in [9.17, 15) is 13.6 Å².